The fourth-order valence-electron chi connectivity index (χ4n) is 2.59. The van der Waals surface area contributed by atoms with E-state index in [2.05, 4.69) is 15.6 Å². The maximum Gasteiger partial charge on any atom is 0.338 e. The second kappa shape index (κ2) is 10.9. The van der Waals surface area contributed by atoms with Gasteiger partial charge in [0.15, 0.2) is 0 Å². The van der Waals surface area contributed by atoms with Crippen LogP contribution in [0.4, 0.5) is 11.4 Å². The Labute approximate surface area is 189 Å². The second-order valence-corrected chi connectivity index (χ2v) is 6.86. The molecule has 3 rings (SSSR count). The first kappa shape index (κ1) is 22.8. The van der Waals surface area contributed by atoms with Gasteiger partial charge in [0.05, 0.1) is 35.6 Å². The van der Waals surface area contributed by atoms with E-state index in [1.54, 1.807) is 31.2 Å². The van der Waals surface area contributed by atoms with Gasteiger partial charge in [-0.1, -0.05) is 23.7 Å². The first-order valence-corrected chi connectivity index (χ1v) is 10.1. The van der Waals surface area contributed by atoms with Crippen LogP contribution in [0.1, 0.15) is 28.8 Å². The molecule has 0 saturated carbocycles. The molecule has 2 aromatic carbocycles. The van der Waals surface area contributed by atoms with E-state index in [0.717, 1.165) is 0 Å². The zero-order chi connectivity index (χ0) is 22.9. The minimum absolute atomic E-state index is 0.0218. The summed E-state index contributed by atoms with van der Waals surface area (Å²) < 4.78 is 10.5. The summed E-state index contributed by atoms with van der Waals surface area (Å²) in [4.78, 5) is 40.0. The maximum absolute atomic E-state index is 12.1. The molecular weight excluding hydrogens is 434 g/mol. The molecular formula is C23H20ClN3O5. The van der Waals surface area contributed by atoms with Gasteiger partial charge in [0.25, 0.3) is 0 Å². The van der Waals surface area contributed by atoms with Crippen LogP contribution < -0.4 is 10.6 Å². The molecule has 0 aliphatic carbocycles. The van der Waals surface area contributed by atoms with E-state index in [-0.39, 0.29) is 13.2 Å². The molecule has 32 heavy (non-hydrogen) atoms. The molecule has 2 N–H and O–H groups in total. The zero-order valence-electron chi connectivity index (χ0n) is 17.1. The standard InChI is InChI=1S/C23H20ClN3O5/c1-2-31-23(30)15-7-9-16(10-8-15)27-22(29)21(28)26-14-18-12-11-17(32-18)13-25-20-6-4-3-5-19(20)24/h3-13H,2,14H2,1H3,(H,26,28)(H,27,29). The molecule has 164 valence electrons. The molecule has 0 aliphatic heterocycles. The number of furan rings is 1. The molecule has 0 spiro atoms. The first-order chi connectivity index (χ1) is 15.5. The van der Waals surface area contributed by atoms with E-state index >= 15 is 0 Å². The topological polar surface area (TPSA) is 110 Å². The quantitative estimate of drug-likeness (QED) is 0.317. The van der Waals surface area contributed by atoms with E-state index < -0.39 is 17.8 Å². The Morgan fingerprint density at radius 1 is 1.03 bits per heavy atom. The summed E-state index contributed by atoms with van der Waals surface area (Å²) in [5, 5.41) is 5.45. The van der Waals surface area contributed by atoms with Crippen LogP contribution in [-0.2, 0) is 20.9 Å². The summed E-state index contributed by atoms with van der Waals surface area (Å²) in [6.45, 7) is 2.00. The van der Waals surface area contributed by atoms with Crippen LogP contribution in [0.3, 0.4) is 0 Å². The summed E-state index contributed by atoms with van der Waals surface area (Å²) in [6.07, 6.45) is 1.51. The highest BCUT2D eigenvalue weighted by molar-refractivity contribution is 6.39. The van der Waals surface area contributed by atoms with Crippen molar-refractivity contribution in [2.24, 2.45) is 4.99 Å². The number of para-hydroxylation sites is 1. The molecule has 9 heteroatoms. The van der Waals surface area contributed by atoms with Gasteiger partial charge in [-0.05, 0) is 55.5 Å². The van der Waals surface area contributed by atoms with Crippen molar-refractivity contribution in [3.05, 3.63) is 82.8 Å². The van der Waals surface area contributed by atoms with Gasteiger partial charge in [-0.25, -0.2) is 4.79 Å². The third-order valence-electron chi connectivity index (χ3n) is 4.15. The van der Waals surface area contributed by atoms with Gasteiger partial charge in [0.2, 0.25) is 0 Å². The van der Waals surface area contributed by atoms with Crippen LogP contribution in [0.2, 0.25) is 5.02 Å². The summed E-state index contributed by atoms with van der Waals surface area (Å²) >= 11 is 6.05. The third kappa shape index (κ3) is 6.29. The Bertz CT molecular complexity index is 1140. The number of carbonyl (C=O) groups is 3. The lowest BCUT2D eigenvalue weighted by Gasteiger charge is -2.06. The average Bonchev–Trinajstić information content (AvgIpc) is 3.25. The van der Waals surface area contributed by atoms with Crippen LogP contribution in [0.25, 0.3) is 0 Å². The van der Waals surface area contributed by atoms with Crippen molar-refractivity contribution in [1.82, 2.24) is 5.32 Å². The lowest BCUT2D eigenvalue weighted by molar-refractivity contribution is -0.136. The number of carbonyl (C=O) groups excluding carboxylic acids is 3. The number of hydrogen-bond donors (Lipinski definition) is 2. The highest BCUT2D eigenvalue weighted by Gasteiger charge is 2.15. The summed E-state index contributed by atoms with van der Waals surface area (Å²) in [5.74, 6) is -1.22. The maximum atomic E-state index is 12.1. The fraction of sp³-hybridized carbons (Fsp3) is 0.130. The number of rotatable bonds is 7. The number of ether oxygens (including phenoxy) is 1. The van der Waals surface area contributed by atoms with Crippen LogP contribution in [-0.4, -0.2) is 30.6 Å². The minimum Gasteiger partial charge on any atom is -0.462 e. The highest BCUT2D eigenvalue weighted by Crippen LogP contribution is 2.23. The lowest BCUT2D eigenvalue weighted by Crippen LogP contribution is -2.34. The molecule has 2 amide bonds. The summed E-state index contributed by atoms with van der Waals surface area (Å²) in [5.41, 5.74) is 1.32. The number of amides is 2. The van der Waals surface area contributed by atoms with Gasteiger partial charge in [-0.3, -0.25) is 14.6 Å². The monoisotopic (exact) mass is 453 g/mol. The third-order valence-corrected chi connectivity index (χ3v) is 4.47. The van der Waals surface area contributed by atoms with Crippen LogP contribution >= 0.6 is 11.6 Å². The van der Waals surface area contributed by atoms with Crippen LogP contribution in [0.15, 0.2) is 70.1 Å². The number of aliphatic imine (C=N–C) groups is 1. The fourth-order valence-corrected chi connectivity index (χ4v) is 2.77. The van der Waals surface area contributed by atoms with E-state index in [1.807, 2.05) is 12.1 Å². The SMILES string of the molecule is CCOC(=O)c1ccc(NC(=O)C(=O)NCc2ccc(C=Nc3ccccc3Cl)o2)cc1. The van der Waals surface area contributed by atoms with Crippen molar-refractivity contribution in [2.75, 3.05) is 11.9 Å². The summed E-state index contributed by atoms with van der Waals surface area (Å²) in [7, 11) is 0. The van der Waals surface area contributed by atoms with Gasteiger partial charge in [0.1, 0.15) is 11.5 Å². The van der Waals surface area contributed by atoms with E-state index in [1.165, 1.54) is 30.5 Å². The Balaban J connectivity index is 1.50. The molecule has 0 aliphatic rings. The zero-order valence-corrected chi connectivity index (χ0v) is 17.9. The normalized spacial score (nSPS) is 10.7. The molecule has 3 aromatic rings. The van der Waals surface area contributed by atoms with Crippen molar-refractivity contribution >= 4 is 47.0 Å². The van der Waals surface area contributed by atoms with Crippen molar-refractivity contribution in [1.29, 1.82) is 0 Å². The molecule has 0 unspecified atom stereocenters. The molecule has 0 bridgehead atoms. The largest absolute Gasteiger partial charge is 0.462 e. The second-order valence-electron chi connectivity index (χ2n) is 6.45. The number of nitrogens with one attached hydrogen (secondary N) is 2. The number of nitrogens with zero attached hydrogens (tertiary/aromatic N) is 1. The summed E-state index contributed by atoms with van der Waals surface area (Å²) in [6, 6.07) is 16.5. The van der Waals surface area contributed by atoms with E-state index in [0.29, 0.717) is 33.5 Å². The molecule has 1 aromatic heterocycles. The van der Waals surface area contributed by atoms with E-state index in [4.69, 9.17) is 20.8 Å². The Morgan fingerprint density at radius 2 is 1.78 bits per heavy atom. The average molecular weight is 454 g/mol. The molecule has 0 saturated heterocycles. The molecule has 8 nitrogen and oxygen atoms in total. The molecule has 1 heterocycles. The van der Waals surface area contributed by atoms with Crippen LogP contribution in [0.5, 0.6) is 0 Å². The predicted molar refractivity (Wildman–Crippen MR) is 120 cm³/mol. The lowest BCUT2D eigenvalue weighted by atomic mass is 10.2. The predicted octanol–water partition coefficient (Wildman–Crippen LogP) is 4.12. The Morgan fingerprint density at radius 3 is 2.50 bits per heavy atom. The van der Waals surface area contributed by atoms with Crippen molar-refractivity contribution < 1.29 is 23.5 Å². The number of esters is 1. The van der Waals surface area contributed by atoms with Crippen molar-refractivity contribution in [3.8, 4) is 0 Å². The van der Waals surface area contributed by atoms with Gasteiger partial charge in [0, 0.05) is 5.69 Å². The molecule has 0 fully saturated rings. The first-order valence-electron chi connectivity index (χ1n) is 9.70. The smallest absolute Gasteiger partial charge is 0.338 e. The number of anilines is 1. The minimum atomic E-state index is -0.846. The van der Waals surface area contributed by atoms with Crippen molar-refractivity contribution in [3.63, 3.8) is 0 Å². The molecule has 0 radical (unpaired) electrons. The van der Waals surface area contributed by atoms with E-state index in [9.17, 15) is 14.4 Å². The van der Waals surface area contributed by atoms with Crippen molar-refractivity contribution in [2.45, 2.75) is 13.5 Å². The Kier molecular flexibility index (Phi) is 7.77. The van der Waals surface area contributed by atoms with Gasteiger partial charge >= 0.3 is 17.8 Å². The van der Waals surface area contributed by atoms with Gasteiger partial charge < -0.3 is 19.8 Å². The van der Waals surface area contributed by atoms with Gasteiger partial charge in [-0.2, -0.15) is 0 Å². The number of benzene rings is 2. The van der Waals surface area contributed by atoms with Crippen LogP contribution in [0, 0.1) is 0 Å². The number of hydrogen-bond acceptors (Lipinski definition) is 6. The Hall–Kier alpha value is -3.91. The molecule has 0 atom stereocenters. The highest BCUT2D eigenvalue weighted by atomic mass is 35.5. The van der Waals surface area contributed by atoms with Gasteiger partial charge in [-0.15, -0.1) is 0 Å². The number of halogens is 1.